The Morgan fingerprint density at radius 3 is 2.79 bits per heavy atom. The fraction of sp³-hybridized carbons (Fsp3) is 0.174. The molecule has 6 nitrogen and oxygen atoms in total. The number of rotatable bonds is 7. The molecule has 0 atom stereocenters. The lowest BCUT2D eigenvalue weighted by molar-refractivity contribution is -0.123. The van der Waals surface area contributed by atoms with Gasteiger partial charge in [-0.2, -0.15) is 5.01 Å². The third kappa shape index (κ3) is 5.89. The van der Waals surface area contributed by atoms with Crippen molar-refractivity contribution in [3.63, 3.8) is 0 Å². The van der Waals surface area contributed by atoms with Crippen LogP contribution in [0.3, 0.4) is 0 Å². The van der Waals surface area contributed by atoms with Gasteiger partial charge in [0.1, 0.15) is 6.61 Å². The van der Waals surface area contributed by atoms with Crippen LogP contribution in [0.1, 0.15) is 28.4 Å². The fourth-order valence-electron chi connectivity index (χ4n) is 2.87. The molecule has 0 aromatic heterocycles. The van der Waals surface area contributed by atoms with E-state index in [1.807, 2.05) is 13.8 Å². The Bertz CT molecular complexity index is 1210. The van der Waals surface area contributed by atoms with E-state index < -0.39 is 11.8 Å². The SMILES string of the molecule is C#CCOc1c(Br)cc(/C=C2\SC(=S)N(NC(=O)c3ccc(C)cc3Cl)C2=O)cc1OCC. The molecule has 3 rings (SSSR count). The van der Waals surface area contributed by atoms with Crippen molar-refractivity contribution < 1.29 is 19.1 Å². The highest BCUT2D eigenvalue weighted by Crippen LogP contribution is 2.39. The highest BCUT2D eigenvalue weighted by molar-refractivity contribution is 9.10. The van der Waals surface area contributed by atoms with Crippen LogP contribution in [-0.2, 0) is 4.79 Å². The minimum absolute atomic E-state index is 0.0847. The van der Waals surface area contributed by atoms with Gasteiger partial charge in [-0.25, -0.2) is 0 Å². The number of hydrogen-bond donors (Lipinski definition) is 1. The van der Waals surface area contributed by atoms with Gasteiger partial charge in [-0.15, -0.1) is 6.42 Å². The number of terminal acetylenes is 1. The predicted octanol–water partition coefficient (Wildman–Crippen LogP) is 5.37. The van der Waals surface area contributed by atoms with Crippen LogP contribution in [0.25, 0.3) is 6.08 Å². The molecule has 33 heavy (non-hydrogen) atoms. The van der Waals surface area contributed by atoms with Crippen molar-refractivity contribution in [2.75, 3.05) is 13.2 Å². The first-order valence-corrected chi connectivity index (χ1v) is 12.0. The van der Waals surface area contributed by atoms with Crippen molar-refractivity contribution in [3.05, 3.63) is 61.4 Å². The first-order chi connectivity index (χ1) is 15.7. The summed E-state index contributed by atoms with van der Waals surface area (Å²) in [5.74, 6) is 2.38. The molecule has 1 N–H and O–H groups in total. The molecule has 2 amide bonds. The molecule has 0 radical (unpaired) electrons. The number of ether oxygens (including phenoxy) is 2. The van der Waals surface area contributed by atoms with Crippen molar-refractivity contribution in [2.24, 2.45) is 0 Å². The largest absolute Gasteiger partial charge is 0.490 e. The number of carbonyl (C=O) groups is 2. The summed E-state index contributed by atoms with van der Waals surface area (Å²) >= 11 is 16.0. The smallest absolute Gasteiger partial charge is 0.285 e. The van der Waals surface area contributed by atoms with Gasteiger partial charge in [0, 0.05) is 0 Å². The number of hydrogen-bond acceptors (Lipinski definition) is 6. The first-order valence-electron chi connectivity index (χ1n) is 9.62. The summed E-state index contributed by atoms with van der Waals surface area (Å²) in [7, 11) is 0. The van der Waals surface area contributed by atoms with Crippen LogP contribution in [-0.4, -0.2) is 34.4 Å². The van der Waals surface area contributed by atoms with Gasteiger partial charge in [0.25, 0.3) is 11.8 Å². The van der Waals surface area contributed by atoms with Crippen molar-refractivity contribution in [2.45, 2.75) is 13.8 Å². The van der Waals surface area contributed by atoms with E-state index in [2.05, 4.69) is 27.3 Å². The zero-order valence-corrected chi connectivity index (χ0v) is 21.6. The molecule has 1 fully saturated rings. The number of nitrogens with zero attached hydrogens (tertiary/aromatic N) is 1. The topological polar surface area (TPSA) is 67.9 Å². The number of benzene rings is 2. The van der Waals surface area contributed by atoms with Gasteiger partial charge >= 0.3 is 0 Å². The molecule has 0 spiro atoms. The second-order valence-electron chi connectivity index (χ2n) is 6.70. The monoisotopic (exact) mass is 564 g/mol. The van der Waals surface area contributed by atoms with E-state index in [0.29, 0.717) is 33.0 Å². The number of hydrazine groups is 1. The lowest BCUT2D eigenvalue weighted by Crippen LogP contribution is -2.44. The molecule has 1 heterocycles. The molecule has 1 aliphatic heterocycles. The van der Waals surface area contributed by atoms with Gasteiger partial charge in [-0.1, -0.05) is 35.3 Å². The maximum Gasteiger partial charge on any atom is 0.285 e. The van der Waals surface area contributed by atoms with Crippen molar-refractivity contribution in [3.8, 4) is 23.8 Å². The summed E-state index contributed by atoms with van der Waals surface area (Å²) in [4.78, 5) is 25.9. The molecule has 2 aromatic rings. The van der Waals surface area contributed by atoms with E-state index in [4.69, 9.17) is 39.7 Å². The predicted molar refractivity (Wildman–Crippen MR) is 138 cm³/mol. The van der Waals surface area contributed by atoms with Crippen molar-refractivity contribution in [1.29, 1.82) is 0 Å². The summed E-state index contributed by atoms with van der Waals surface area (Å²) < 4.78 is 12.0. The average Bonchev–Trinajstić information content (AvgIpc) is 3.00. The number of aryl methyl sites for hydroxylation is 1. The van der Waals surface area contributed by atoms with Gasteiger partial charge in [-0.3, -0.25) is 15.0 Å². The Labute approximate surface area is 214 Å². The molecule has 2 aromatic carbocycles. The van der Waals surface area contributed by atoms with E-state index >= 15 is 0 Å². The fourth-order valence-corrected chi connectivity index (χ4v) is 4.94. The second kappa shape index (κ2) is 11.1. The van der Waals surface area contributed by atoms with Gasteiger partial charge in [0.05, 0.1) is 26.6 Å². The average molecular weight is 566 g/mol. The number of nitrogens with one attached hydrogen (secondary N) is 1. The zero-order valence-electron chi connectivity index (χ0n) is 17.6. The molecule has 1 aliphatic rings. The van der Waals surface area contributed by atoms with Gasteiger partial charge in [-0.05, 0) is 83.5 Å². The second-order valence-corrected chi connectivity index (χ2v) is 9.63. The Morgan fingerprint density at radius 2 is 2.12 bits per heavy atom. The third-order valence-electron chi connectivity index (χ3n) is 4.31. The minimum atomic E-state index is -0.533. The van der Waals surface area contributed by atoms with Crippen LogP contribution < -0.4 is 14.9 Å². The van der Waals surface area contributed by atoms with Crippen molar-refractivity contribution in [1.82, 2.24) is 10.4 Å². The standard InChI is InChI=1S/C23H18BrClN2O4S2/c1-4-8-31-20-16(24)10-14(11-18(20)30-5-2)12-19-22(29)27(23(32)33-19)26-21(28)15-7-6-13(3)9-17(15)25/h1,6-7,9-12H,5,8H2,2-3H3,(H,26,28)/b19-12-. The highest BCUT2D eigenvalue weighted by atomic mass is 79.9. The summed E-state index contributed by atoms with van der Waals surface area (Å²) in [6.45, 7) is 4.21. The molecule has 0 unspecified atom stereocenters. The van der Waals surface area contributed by atoms with Gasteiger partial charge in [0.15, 0.2) is 15.8 Å². The van der Waals surface area contributed by atoms with E-state index in [1.165, 1.54) is 0 Å². The molecule has 10 heteroatoms. The summed E-state index contributed by atoms with van der Waals surface area (Å²) in [6.07, 6.45) is 6.94. The first kappa shape index (κ1) is 25.1. The van der Waals surface area contributed by atoms with Crippen LogP contribution >= 0.6 is 51.5 Å². The number of amides is 2. The molecule has 170 valence electrons. The van der Waals surface area contributed by atoms with Gasteiger partial charge < -0.3 is 9.47 Å². The van der Waals surface area contributed by atoms with Crippen LogP contribution in [0.2, 0.25) is 5.02 Å². The summed E-state index contributed by atoms with van der Waals surface area (Å²) in [5.41, 5.74) is 4.36. The van der Waals surface area contributed by atoms with E-state index in [0.717, 1.165) is 22.3 Å². The number of halogens is 2. The maximum atomic E-state index is 12.9. The van der Waals surface area contributed by atoms with Gasteiger partial charge in [0.2, 0.25) is 0 Å². The number of thiocarbonyl (C=S) groups is 1. The lowest BCUT2D eigenvalue weighted by Gasteiger charge is -2.16. The molecular formula is C23H18BrClN2O4S2. The van der Waals surface area contributed by atoms with Crippen LogP contribution in [0.4, 0.5) is 0 Å². The highest BCUT2D eigenvalue weighted by Gasteiger charge is 2.34. The van der Waals surface area contributed by atoms with Crippen LogP contribution in [0.5, 0.6) is 11.5 Å². The Kier molecular flexibility index (Phi) is 8.43. The Balaban J connectivity index is 1.84. The normalized spacial score (nSPS) is 14.4. The summed E-state index contributed by atoms with van der Waals surface area (Å²) in [5, 5.41) is 1.32. The molecule has 0 saturated carbocycles. The third-order valence-corrected chi connectivity index (χ3v) is 6.51. The van der Waals surface area contributed by atoms with Crippen LogP contribution in [0, 0.1) is 19.3 Å². The zero-order chi connectivity index (χ0) is 24.1. The number of carbonyl (C=O) groups excluding carboxylic acids is 2. The van der Waals surface area contributed by atoms with E-state index in [9.17, 15) is 9.59 Å². The van der Waals surface area contributed by atoms with Crippen LogP contribution in [0.15, 0.2) is 39.7 Å². The van der Waals surface area contributed by atoms with E-state index in [-0.39, 0.29) is 21.5 Å². The van der Waals surface area contributed by atoms with E-state index in [1.54, 1.807) is 36.4 Å². The molecule has 1 saturated heterocycles. The minimum Gasteiger partial charge on any atom is -0.490 e. The molecule has 0 aliphatic carbocycles. The molecule has 0 bridgehead atoms. The summed E-state index contributed by atoms with van der Waals surface area (Å²) in [6, 6.07) is 8.53. The maximum absolute atomic E-state index is 12.9. The quantitative estimate of drug-likeness (QED) is 0.277. The number of thioether (sulfide) groups is 1. The lowest BCUT2D eigenvalue weighted by atomic mass is 10.1. The Hall–Kier alpha value is -2.51. The van der Waals surface area contributed by atoms with Crippen molar-refractivity contribution >= 4 is 73.7 Å². The molecular weight excluding hydrogens is 548 g/mol. The Morgan fingerprint density at radius 1 is 1.36 bits per heavy atom.